The SMILES string of the molecule is O=C(Nc1ccccc1F)c1nn(-c2ccccc2)c2c1CCC2. The van der Waals surface area contributed by atoms with Gasteiger partial charge in [0.05, 0.1) is 11.4 Å². The number of anilines is 1. The highest BCUT2D eigenvalue weighted by atomic mass is 19.1. The molecule has 1 aliphatic carbocycles. The van der Waals surface area contributed by atoms with Crippen molar-refractivity contribution in [2.75, 3.05) is 5.32 Å². The number of amides is 1. The molecular weight excluding hydrogens is 305 g/mol. The van der Waals surface area contributed by atoms with Crippen molar-refractivity contribution >= 4 is 11.6 Å². The maximum Gasteiger partial charge on any atom is 0.276 e. The van der Waals surface area contributed by atoms with Crippen molar-refractivity contribution < 1.29 is 9.18 Å². The van der Waals surface area contributed by atoms with Gasteiger partial charge in [0.15, 0.2) is 5.69 Å². The Kier molecular flexibility index (Phi) is 3.61. The van der Waals surface area contributed by atoms with Crippen LogP contribution < -0.4 is 5.32 Å². The zero-order valence-electron chi connectivity index (χ0n) is 13.0. The zero-order valence-corrected chi connectivity index (χ0v) is 13.0. The lowest BCUT2D eigenvalue weighted by Crippen LogP contribution is -2.15. The Bertz CT molecular complexity index is 902. The van der Waals surface area contributed by atoms with Gasteiger partial charge in [-0.15, -0.1) is 0 Å². The van der Waals surface area contributed by atoms with E-state index in [1.807, 2.05) is 35.0 Å². The summed E-state index contributed by atoms with van der Waals surface area (Å²) in [6.07, 6.45) is 2.71. The van der Waals surface area contributed by atoms with Crippen molar-refractivity contribution in [3.05, 3.63) is 77.4 Å². The summed E-state index contributed by atoms with van der Waals surface area (Å²) >= 11 is 0. The van der Waals surface area contributed by atoms with E-state index in [9.17, 15) is 9.18 Å². The van der Waals surface area contributed by atoms with E-state index in [1.165, 1.54) is 6.07 Å². The van der Waals surface area contributed by atoms with Gasteiger partial charge in [-0.05, 0) is 43.5 Å². The number of hydrogen-bond acceptors (Lipinski definition) is 2. The van der Waals surface area contributed by atoms with Crippen LogP contribution in [0.5, 0.6) is 0 Å². The topological polar surface area (TPSA) is 46.9 Å². The molecular formula is C19H16FN3O. The molecule has 0 saturated heterocycles. The van der Waals surface area contributed by atoms with E-state index in [0.717, 1.165) is 36.2 Å². The number of carbonyl (C=O) groups excluding carboxylic acids is 1. The fraction of sp³-hybridized carbons (Fsp3) is 0.158. The Morgan fingerprint density at radius 1 is 1.04 bits per heavy atom. The molecule has 0 saturated carbocycles. The summed E-state index contributed by atoms with van der Waals surface area (Å²) in [4.78, 5) is 12.6. The van der Waals surface area contributed by atoms with Gasteiger partial charge in [-0.3, -0.25) is 4.79 Å². The second-order valence-corrected chi connectivity index (χ2v) is 5.81. The third-order valence-electron chi connectivity index (χ3n) is 4.27. The van der Waals surface area contributed by atoms with E-state index in [4.69, 9.17) is 0 Å². The third kappa shape index (κ3) is 2.48. The average Bonchev–Trinajstić information content (AvgIpc) is 3.20. The molecule has 0 radical (unpaired) electrons. The molecule has 0 fully saturated rings. The Balaban J connectivity index is 1.72. The van der Waals surface area contributed by atoms with Gasteiger partial charge >= 0.3 is 0 Å². The van der Waals surface area contributed by atoms with E-state index < -0.39 is 5.82 Å². The molecule has 24 heavy (non-hydrogen) atoms. The number of nitrogens with zero attached hydrogens (tertiary/aromatic N) is 2. The highest BCUT2D eigenvalue weighted by Gasteiger charge is 2.27. The Morgan fingerprint density at radius 2 is 1.79 bits per heavy atom. The number of nitrogens with one attached hydrogen (secondary N) is 1. The quantitative estimate of drug-likeness (QED) is 0.798. The maximum absolute atomic E-state index is 13.8. The number of aromatic nitrogens is 2. The fourth-order valence-corrected chi connectivity index (χ4v) is 3.15. The predicted molar refractivity (Wildman–Crippen MR) is 89.9 cm³/mol. The number of fused-ring (bicyclic) bond motifs is 1. The van der Waals surface area contributed by atoms with Crippen LogP contribution in [0.25, 0.3) is 5.69 Å². The van der Waals surface area contributed by atoms with Crippen molar-refractivity contribution in [1.29, 1.82) is 0 Å². The highest BCUT2D eigenvalue weighted by Crippen LogP contribution is 2.28. The van der Waals surface area contributed by atoms with Crippen LogP contribution in [-0.2, 0) is 12.8 Å². The molecule has 0 atom stereocenters. The maximum atomic E-state index is 13.8. The van der Waals surface area contributed by atoms with Gasteiger partial charge < -0.3 is 5.32 Å². The first-order valence-electron chi connectivity index (χ1n) is 7.96. The van der Waals surface area contributed by atoms with Crippen molar-refractivity contribution in [2.24, 2.45) is 0 Å². The van der Waals surface area contributed by atoms with Gasteiger partial charge in [0.25, 0.3) is 5.91 Å². The highest BCUT2D eigenvalue weighted by molar-refractivity contribution is 6.04. The summed E-state index contributed by atoms with van der Waals surface area (Å²) in [5, 5.41) is 7.14. The summed E-state index contributed by atoms with van der Waals surface area (Å²) in [6.45, 7) is 0. The molecule has 1 aromatic heterocycles. The Morgan fingerprint density at radius 3 is 2.58 bits per heavy atom. The van der Waals surface area contributed by atoms with E-state index in [1.54, 1.807) is 18.2 Å². The molecule has 1 amide bonds. The van der Waals surface area contributed by atoms with Crippen molar-refractivity contribution in [3.8, 4) is 5.69 Å². The summed E-state index contributed by atoms with van der Waals surface area (Å²) < 4.78 is 15.6. The lowest BCUT2D eigenvalue weighted by Gasteiger charge is -2.06. The Labute approximate surface area is 138 Å². The van der Waals surface area contributed by atoms with Crippen molar-refractivity contribution in [2.45, 2.75) is 19.3 Å². The molecule has 2 aromatic carbocycles. The molecule has 1 aliphatic rings. The van der Waals surface area contributed by atoms with Crippen LogP contribution in [0.1, 0.15) is 28.2 Å². The van der Waals surface area contributed by atoms with Gasteiger partial charge in [-0.1, -0.05) is 30.3 Å². The minimum Gasteiger partial charge on any atom is -0.318 e. The molecule has 0 spiro atoms. The molecule has 1 N–H and O–H groups in total. The molecule has 3 aromatic rings. The van der Waals surface area contributed by atoms with Crippen LogP contribution >= 0.6 is 0 Å². The summed E-state index contributed by atoms with van der Waals surface area (Å²) in [7, 11) is 0. The van der Waals surface area contributed by atoms with Crippen LogP contribution in [0, 0.1) is 5.82 Å². The van der Waals surface area contributed by atoms with Crippen LogP contribution in [0.15, 0.2) is 54.6 Å². The standard InChI is InChI=1S/C19H16FN3O/c20-15-10-4-5-11-16(15)21-19(24)18-14-9-6-12-17(14)23(22-18)13-7-2-1-3-8-13/h1-5,7-8,10-11H,6,9,12H2,(H,21,24). The first-order chi connectivity index (χ1) is 11.7. The minimum atomic E-state index is -0.454. The van der Waals surface area contributed by atoms with E-state index >= 15 is 0 Å². The monoisotopic (exact) mass is 321 g/mol. The molecule has 5 heteroatoms. The van der Waals surface area contributed by atoms with Gasteiger partial charge in [-0.2, -0.15) is 5.10 Å². The molecule has 4 nitrogen and oxygen atoms in total. The summed E-state index contributed by atoms with van der Waals surface area (Å²) in [5.74, 6) is -0.821. The van der Waals surface area contributed by atoms with Crippen LogP contribution in [0.3, 0.4) is 0 Å². The number of hydrogen-bond donors (Lipinski definition) is 1. The van der Waals surface area contributed by atoms with Crippen molar-refractivity contribution in [1.82, 2.24) is 9.78 Å². The first-order valence-corrected chi connectivity index (χ1v) is 7.96. The first kappa shape index (κ1) is 14.6. The second-order valence-electron chi connectivity index (χ2n) is 5.81. The lowest BCUT2D eigenvalue weighted by atomic mass is 10.2. The molecule has 0 unspecified atom stereocenters. The van der Waals surface area contributed by atoms with Crippen molar-refractivity contribution in [3.63, 3.8) is 0 Å². The normalized spacial score (nSPS) is 12.9. The minimum absolute atomic E-state index is 0.170. The number of rotatable bonds is 3. The lowest BCUT2D eigenvalue weighted by molar-refractivity contribution is 0.102. The van der Waals surface area contributed by atoms with E-state index in [-0.39, 0.29) is 11.6 Å². The smallest absolute Gasteiger partial charge is 0.276 e. The Hall–Kier alpha value is -2.95. The van der Waals surface area contributed by atoms with Crippen LogP contribution in [0.4, 0.5) is 10.1 Å². The number of carbonyl (C=O) groups is 1. The van der Waals surface area contributed by atoms with Gasteiger partial charge in [-0.25, -0.2) is 9.07 Å². The summed E-state index contributed by atoms with van der Waals surface area (Å²) in [6, 6.07) is 15.9. The van der Waals surface area contributed by atoms with E-state index in [2.05, 4.69) is 10.4 Å². The number of para-hydroxylation sites is 2. The van der Waals surface area contributed by atoms with Crippen LogP contribution in [-0.4, -0.2) is 15.7 Å². The van der Waals surface area contributed by atoms with Crippen LogP contribution in [0.2, 0.25) is 0 Å². The fourth-order valence-electron chi connectivity index (χ4n) is 3.15. The second kappa shape index (κ2) is 5.92. The molecule has 1 heterocycles. The molecule has 4 rings (SSSR count). The zero-order chi connectivity index (χ0) is 16.5. The summed E-state index contributed by atoms with van der Waals surface area (Å²) in [5.41, 5.74) is 3.52. The van der Waals surface area contributed by atoms with Gasteiger partial charge in [0, 0.05) is 11.3 Å². The average molecular weight is 321 g/mol. The third-order valence-corrected chi connectivity index (χ3v) is 4.27. The van der Waals surface area contributed by atoms with E-state index in [0.29, 0.717) is 5.69 Å². The molecule has 0 aliphatic heterocycles. The molecule has 120 valence electrons. The predicted octanol–water partition coefficient (Wildman–Crippen LogP) is 3.75. The van der Waals surface area contributed by atoms with Gasteiger partial charge in [0.1, 0.15) is 5.82 Å². The van der Waals surface area contributed by atoms with Gasteiger partial charge in [0.2, 0.25) is 0 Å². The number of halogens is 1. The number of benzene rings is 2. The molecule has 0 bridgehead atoms. The largest absolute Gasteiger partial charge is 0.318 e.